The van der Waals surface area contributed by atoms with E-state index in [0.717, 1.165) is 10.1 Å². The van der Waals surface area contributed by atoms with Gasteiger partial charge in [-0.2, -0.15) is 0 Å². The third kappa shape index (κ3) is 4.55. The maximum atomic E-state index is 12.9. The molecule has 0 saturated heterocycles. The smallest absolute Gasteiger partial charge is 0.321 e. The van der Waals surface area contributed by atoms with E-state index >= 15 is 0 Å². The van der Waals surface area contributed by atoms with E-state index < -0.39 is 17.7 Å². The second-order valence-electron chi connectivity index (χ2n) is 6.96. The molecule has 4 rings (SSSR count). The number of fused-ring (bicyclic) bond motifs is 1. The Morgan fingerprint density at radius 1 is 0.774 bits per heavy atom. The molecule has 154 valence electrons. The lowest BCUT2D eigenvalue weighted by atomic mass is 10.2. The van der Waals surface area contributed by atoms with Gasteiger partial charge in [0.05, 0.1) is 0 Å². The van der Waals surface area contributed by atoms with Crippen LogP contribution in [0.3, 0.4) is 0 Å². The fourth-order valence-corrected chi connectivity index (χ4v) is 3.64. The molecule has 3 aromatic carbocycles. The Labute approximate surface area is 187 Å². The molecule has 0 aliphatic carbocycles. The van der Waals surface area contributed by atoms with E-state index in [1.54, 1.807) is 42.5 Å². The molecule has 0 fully saturated rings. The van der Waals surface area contributed by atoms with Crippen LogP contribution in [0, 0.1) is 0 Å². The summed E-state index contributed by atoms with van der Waals surface area (Å²) in [4.78, 5) is 38.4. The molecule has 31 heavy (non-hydrogen) atoms. The third-order valence-corrected chi connectivity index (χ3v) is 5.29. The Balaban J connectivity index is 1.76. The van der Waals surface area contributed by atoms with Gasteiger partial charge in [-0.25, -0.2) is 9.59 Å². The van der Waals surface area contributed by atoms with Gasteiger partial charge in [0.2, 0.25) is 6.54 Å². The maximum absolute atomic E-state index is 12.9. The van der Waals surface area contributed by atoms with Crippen LogP contribution >= 0.6 is 23.2 Å². The first-order chi connectivity index (χ1) is 14.9. The Bertz CT molecular complexity index is 1320. The zero-order valence-corrected chi connectivity index (χ0v) is 17.7. The highest BCUT2D eigenvalue weighted by atomic mass is 35.5. The van der Waals surface area contributed by atoms with Crippen LogP contribution in [-0.2, 0) is 20.9 Å². The van der Waals surface area contributed by atoms with E-state index in [9.17, 15) is 14.4 Å². The summed E-state index contributed by atoms with van der Waals surface area (Å²) in [7, 11) is 0. The maximum Gasteiger partial charge on any atom is 0.529 e. The van der Waals surface area contributed by atoms with Crippen molar-refractivity contribution in [3.8, 4) is 0 Å². The minimum atomic E-state index is -0.794. The molecule has 0 aromatic heterocycles. The van der Waals surface area contributed by atoms with Gasteiger partial charge in [-0.3, -0.25) is 4.79 Å². The Morgan fingerprint density at radius 2 is 1.42 bits per heavy atom. The second kappa shape index (κ2) is 8.79. The standard InChI is InChI=1S/C23H16Cl2N3O3/c24-16-6-9-18(10-7-16)26-21(29)14-28-20-12-17(25)8-11-19(20)27(22(30)23(28)31)13-15-4-2-1-3-5-15/h1-12H,13-14H2/q+1/p+1. The lowest BCUT2D eigenvalue weighted by Gasteiger charge is -2.07. The first-order valence-electron chi connectivity index (χ1n) is 9.44. The molecule has 1 heterocycles. The second-order valence-corrected chi connectivity index (χ2v) is 7.83. The SMILES string of the molecule is O=C(C[N+]1=c2cc(Cl)ccc2=[N+](Cc2ccccc2)C(=O)C1=O)Nc1ccc(Cl)cc1. The average molecular weight is 454 g/mol. The molecule has 3 aromatic rings. The van der Waals surface area contributed by atoms with Crippen LogP contribution in [0.4, 0.5) is 5.69 Å². The summed E-state index contributed by atoms with van der Waals surface area (Å²) in [5, 5.41) is 4.54. The summed E-state index contributed by atoms with van der Waals surface area (Å²) < 4.78 is 2.55. The van der Waals surface area contributed by atoms with Crippen molar-refractivity contribution in [2.75, 3.05) is 11.9 Å². The fraction of sp³-hybridized carbons (Fsp3) is 0.0870. The minimum absolute atomic E-state index is 0.227. The number of carbonyl (C=O) groups excluding carboxylic acids is 3. The number of carbonyl (C=O) groups is 3. The number of rotatable bonds is 5. The molecular formula is C23H17Cl2N3O3+2. The summed E-state index contributed by atoms with van der Waals surface area (Å²) >= 11 is 12.0. The van der Waals surface area contributed by atoms with Crippen molar-refractivity contribution in [2.24, 2.45) is 0 Å². The fourth-order valence-electron chi connectivity index (χ4n) is 3.35. The molecule has 0 atom stereocenters. The Kier molecular flexibility index (Phi) is 5.93. The van der Waals surface area contributed by atoms with E-state index in [-0.39, 0.29) is 13.1 Å². The van der Waals surface area contributed by atoms with Gasteiger partial charge < -0.3 is 5.32 Å². The number of hydrogen-bond donors (Lipinski definition) is 1. The lowest BCUT2D eigenvalue weighted by Crippen LogP contribution is -2.61. The topological polar surface area (TPSA) is 69.3 Å². The predicted octanol–water partition coefficient (Wildman–Crippen LogP) is 1.88. The predicted molar refractivity (Wildman–Crippen MR) is 118 cm³/mol. The van der Waals surface area contributed by atoms with Crippen molar-refractivity contribution in [3.63, 3.8) is 0 Å². The van der Waals surface area contributed by atoms with E-state index in [4.69, 9.17) is 23.2 Å². The van der Waals surface area contributed by atoms with Gasteiger partial charge in [-0.05, 0) is 30.3 Å². The van der Waals surface area contributed by atoms with Crippen molar-refractivity contribution in [2.45, 2.75) is 6.54 Å². The molecule has 0 saturated carbocycles. The van der Waals surface area contributed by atoms with Crippen molar-refractivity contribution >= 4 is 46.6 Å². The molecule has 1 aliphatic rings. The number of nitrogens with one attached hydrogen (secondary N) is 1. The number of nitrogens with zero attached hydrogens (tertiary/aromatic N) is 2. The van der Waals surface area contributed by atoms with Crippen molar-refractivity contribution in [1.82, 2.24) is 9.15 Å². The number of anilines is 1. The van der Waals surface area contributed by atoms with Crippen molar-refractivity contribution in [3.05, 3.63) is 99.1 Å². The number of halogens is 2. The highest BCUT2D eigenvalue weighted by molar-refractivity contribution is 6.36. The first-order valence-corrected chi connectivity index (χ1v) is 10.2. The van der Waals surface area contributed by atoms with Gasteiger partial charge in [0.25, 0.3) is 16.6 Å². The number of benzene rings is 3. The quantitative estimate of drug-likeness (QED) is 0.473. The van der Waals surface area contributed by atoms with Gasteiger partial charge >= 0.3 is 11.8 Å². The molecular weight excluding hydrogens is 437 g/mol. The van der Waals surface area contributed by atoms with Crippen LogP contribution < -0.4 is 25.2 Å². The van der Waals surface area contributed by atoms with Crippen LogP contribution in [0.5, 0.6) is 0 Å². The van der Waals surface area contributed by atoms with E-state index in [2.05, 4.69) is 5.32 Å². The molecule has 8 heteroatoms. The molecule has 0 unspecified atom stereocenters. The van der Waals surface area contributed by atoms with Crippen LogP contribution in [0.25, 0.3) is 0 Å². The largest absolute Gasteiger partial charge is 0.529 e. The lowest BCUT2D eigenvalue weighted by molar-refractivity contribution is -0.142. The number of amides is 3. The molecule has 0 spiro atoms. The number of hydrogen-bond acceptors (Lipinski definition) is 3. The first kappa shape index (κ1) is 20.9. The minimum Gasteiger partial charge on any atom is -0.321 e. The highest BCUT2D eigenvalue weighted by Gasteiger charge is 2.43. The summed E-state index contributed by atoms with van der Waals surface area (Å²) in [6, 6.07) is 20.8. The monoisotopic (exact) mass is 453 g/mol. The molecule has 0 bridgehead atoms. The third-order valence-electron chi connectivity index (χ3n) is 4.81. The molecule has 0 radical (unpaired) electrons. The molecule has 1 aliphatic heterocycles. The van der Waals surface area contributed by atoms with Crippen LogP contribution in [0.15, 0.2) is 72.8 Å². The summed E-state index contributed by atoms with van der Waals surface area (Å²) in [5.41, 5.74) is 1.40. The van der Waals surface area contributed by atoms with Crippen molar-refractivity contribution in [1.29, 1.82) is 0 Å². The van der Waals surface area contributed by atoms with Crippen LogP contribution in [-0.4, -0.2) is 24.3 Å². The zero-order valence-electron chi connectivity index (χ0n) is 16.2. The Hall–Kier alpha value is -3.35. The summed E-state index contributed by atoms with van der Waals surface area (Å²) in [5.74, 6) is -1.96. The average Bonchev–Trinajstić information content (AvgIpc) is 2.76. The molecule has 6 nitrogen and oxygen atoms in total. The van der Waals surface area contributed by atoms with E-state index in [1.165, 1.54) is 4.58 Å². The summed E-state index contributed by atoms with van der Waals surface area (Å²) in [6.07, 6.45) is 0. The van der Waals surface area contributed by atoms with Crippen LogP contribution in [0.2, 0.25) is 10.0 Å². The van der Waals surface area contributed by atoms with Crippen molar-refractivity contribution < 1.29 is 14.4 Å². The van der Waals surface area contributed by atoms with Gasteiger partial charge in [0.15, 0.2) is 6.54 Å². The van der Waals surface area contributed by atoms with Gasteiger partial charge in [-0.15, -0.1) is 9.15 Å². The van der Waals surface area contributed by atoms with Gasteiger partial charge in [0, 0.05) is 33.4 Å². The van der Waals surface area contributed by atoms with Crippen LogP contribution in [0.1, 0.15) is 5.56 Å². The Morgan fingerprint density at radius 3 is 2.13 bits per heavy atom. The highest BCUT2D eigenvalue weighted by Crippen LogP contribution is 2.13. The molecule has 3 amide bonds. The summed E-state index contributed by atoms with van der Waals surface area (Å²) in [6.45, 7) is -0.107. The van der Waals surface area contributed by atoms with Gasteiger partial charge in [0.1, 0.15) is 0 Å². The van der Waals surface area contributed by atoms with E-state index in [1.807, 2.05) is 30.3 Å². The molecule has 1 N–H and O–H groups in total. The zero-order chi connectivity index (χ0) is 22.0. The van der Waals surface area contributed by atoms with E-state index in [0.29, 0.717) is 26.4 Å². The van der Waals surface area contributed by atoms with Gasteiger partial charge in [-0.1, -0.05) is 53.5 Å². The normalized spacial score (nSPS) is 13.2.